The number of nitrogens with zero attached hydrogens (tertiary/aromatic N) is 2. The smallest absolute Gasteiger partial charge is 0.295 e. The summed E-state index contributed by atoms with van der Waals surface area (Å²) in [4.78, 5) is 29.4. The van der Waals surface area contributed by atoms with Crippen LogP contribution in [0.5, 0.6) is 17.2 Å². The summed E-state index contributed by atoms with van der Waals surface area (Å²) >= 11 is 0. The van der Waals surface area contributed by atoms with Crippen LogP contribution in [0.15, 0.2) is 42.0 Å². The molecule has 182 valence electrons. The second kappa shape index (κ2) is 10.6. The first-order valence-electron chi connectivity index (χ1n) is 10.9. The number of aliphatic hydroxyl groups is 1. The van der Waals surface area contributed by atoms with Crippen molar-refractivity contribution in [2.75, 3.05) is 40.9 Å². The first-order valence-corrected chi connectivity index (χ1v) is 10.9. The highest BCUT2D eigenvalue weighted by molar-refractivity contribution is 6.46. The molecule has 0 radical (unpaired) electrons. The van der Waals surface area contributed by atoms with Crippen LogP contribution in [0.3, 0.4) is 0 Å². The highest BCUT2D eigenvalue weighted by Crippen LogP contribution is 2.42. The van der Waals surface area contributed by atoms with E-state index in [1.165, 1.54) is 36.3 Å². The van der Waals surface area contributed by atoms with Gasteiger partial charge in [-0.3, -0.25) is 9.59 Å². The summed E-state index contributed by atoms with van der Waals surface area (Å²) in [6.45, 7) is 2.99. The fraction of sp³-hybridized carbons (Fsp3) is 0.360. The predicted octanol–water partition coefficient (Wildman–Crippen LogP) is 3.31. The molecule has 2 N–H and O–H groups in total. The zero-order valence-corrected chi connectivity index (χ0v) is 19.7. The van der Waals surface area contributed by atoms with Gasteiger partial charge in [0, 0.05) is 12.1 Å². The van der Waals surface area contributed by atoms with Gasteiger partial charge in [0.1, 0.15) is 5.76 Å². The Kier molecular flexibility index (Phi) is 7.78. The van der Waals surface area contributed by atoms with E-state index < -0.39 is 29.3 Å². The van der Waals surface area contributed by atoms with Crippen LogP contribution in [0, 0.1) is 5.82 Å². The Labute approximate surface area is 197 Å². The van der Waals surface area contributed by atoms with E-state index in [-0.39, 0.29) is 34.9 Å². The Morgan fingerprint density at radius 1 is 1.15 bits per heavy atom. The highest BCUT2D eigenvalue weighted by Gasteiger charge is 2.46. The monoisotopic (exact) mass is 472 g/mol. The molecule has 1 atom stereocenters. The molecular formula is C25H29FN2O6. The SMILES string of the molecule is CCOc1cc(C2C(=C(O)c3ccc(OC)c(F)c3)C(=O)C(=O)N2CCCN(C)C)ccc1O. The van der Waals surface area contributed by atoms with Gasteiger partial charge in [-0.05, 0) is 69.9 Å². The summed E-state index contributed by atoms with van der Waals surface area (Å²) in [5.41, 5.74) is 0.354. The van der Waals surface area contributed by atoms with Crippen LogP contribution in [-0.4, -0.2) is 72.6 Å². The van der Waals surface area contributed by atoms with Gasteiger partial charge in [-0.2, -0.15) is 0 Å². The molecule has 3 rings (SSSR count). The van der Waals surface area contributed by atoms with E-state index >= 15 is 0 Å². The van der Waals surface area contributed by atoms with Crippen LogP contribution in [0.25, 0.3) is 5.76 Å². The number of carbonyl (C=O) groups excluding carboxylic acids is 2. The molecule has 0 bridgehead atoms. The van der Waals surface area contributed by atoms with Gasteiger partial charge < -0.3 is 29.5 Å². The lowest BCUT2D eigenvalue weighted by Crippen LogP contribution is -2.32. The fourth-order valence-electron chi connectivity index (χ4n) is 3.96. The van der Waals surface area contributed by atoms with E-state index in [4.69, 9.17) is 9.47 Å². The fourth-order valence-corrected chi connectivity index (χ4v) is 3.96. The lowest BCUT2D eigenvalue weighted by molar-refractivity contribution is -0.139. The Balaban J connectivity index is 2.15. The highest BCUT2D eigenvalue weighted by atomic mass is 19.1. The molecule has 0 aliphatic carbocycles. The number of hydrogen-bond acceptors (Lipinski definition) is 7. The molecule has 0 aromatic heterocycles. The van der Waals surface area contributed by atoms with E-state index in [2.05, 4.69) is 0 Å². The summed E-state index contributed by atoms with van der Waals surface area (Å²) in [5.74, 6) is -2.75. The quantitative estimate of drug-likeness (QED) is 0.328. The van der Waals surface area contributed by atoms with Gasteiger partial charge in [-0.1, -0.05) is 6.07 Å². The number of ketones is 1. The van der Waals surface area contributed by atoms with Crippen molar-refractivity contribution in [3.8, 4) is 17.2 Å². The van der Waals surface area contributed by atoms with E-state index in [0.717, 1.165) is 6.07 Å². The number of rotatable bonds is 9. The average molecular weight is 473 g/mol. The van der Waals surface area contributed by atoms with Gasteiger partial charge in [0.25, 0.3) is 11.7 Å². The molecule has 1 fully saturated rings. The molecule has 0 saturated carbocycles. The van der Waals surface area contributed by atoms with Crippen LogP contribution in [0.4, 0.5) is 4.39 Å². The first-order chi connectivity index (χ1) is 16.2. The molecule has 1 aliphatic rings. The Hall–Kier alpha value is -3.59. The van der Waals surface area contributed by atoms with Crippen molar-refractivity contribution in [3.63, 3.8) is 0 Å². The number of aliphatic hydroxyl groups excluding tert-OH is 1. The van der Waals surface area contributed by atoms with Gasteiger partial charge in [-0.25, -0.2) is 4.39 Å². The number of halogens is 1. The van der Waals surface area contributed by atoms with E-state index in [1.807, 2.05) is 19.0 Å². The minimum absolute atomic E-state index is 0.0165. The molecule has 8 nitrogen and oxygen atoms in total. The van der Waals surface area contributed by atoms with Crippen LogP contribution in [0.1, 0.15) is 30.5 Å². The maximum Gasteiger partial charge on any atom is 0.295 e. The second-order valence-corrected chi connectivity index (χ2v) is 8.16. The molecule has 1 heterocycles. The molecular weight excluding hydrogens is 443 g/mol. The zero-order valence-electron chi connectivity index (χ0n) is 19.7. The maximum absolute atomic E-state index is 14.3. The number of aromatic hydroxyl groups is 1. The van der Waals surface area contributed by atoms with Gasteiger partial charge >= 0.3 is 0 Å². The van der Waals surface area contributed by atoms with E-state index in [0.29, 0.717) is 25.1 Å². The van der Waals surface area contributed by atoms with Crippen molar-refractivity contribution in [1.82, 2.24) is 9.80 Å². The van der Waals surface area contributed by atoms with Crippen molar-refractivity contribution < 1.29 is 33.7 Å². The molecule has 2 aromatic carbocycles. The number of amides is 1. The summed E-state index contributed by atoms with van der Waals surface area (Å²) in [5, 5.41) is 21.2. The Morgan fingerprint density at radius 3 is 2.50 bits per heavy atom. The number of phenols is 1. The Morgan fingerprint density at radius 2 is 1.88 bits per heavy atom. The van der Waals surface area contributed by atoms with Gasteiger partial charge in [0.15, 0.2) is 23.1 Å². The predicted molar refractivity (Wildman–Crippen MR) is 124 cm³/mol. The van der Waals surface area contributed by atoms with Crippen LogP contribution in [0.2, 0.25) is 0 Å². The third kappa shape index (κ3) is 4.99. The van der Waals surface area contributed by atoms with Crippen molar-refractivity contribution in [2.45, 2.75) is 19.4 Å². The number of ether oxygens (including phenoxy) is 2. The summed E-state index contributed by atoms with van der Waals surface area (Å²) in [6, 6.07) is 7.37. The van der Waals surface area contributed by atoms with E-state index in [1.54, 1.807) is 13.0 Å². The average Bonchev–Trinajstić information content (AvgIpc) is 3.05. The molecule has 2 aromatic rings. The molecule has 1 saturated heterocycles. The number of phenolic OH excluding ortho intramolecular Hbond substituents is 1. The summed E-state index contributed by atoms with van der Waals surface area (Å²) in [7, 11) is 5.12. The molecule has 1 aliphatic heterocycles. The third-order valence-electron chi connectivity index (χ3n) is 5.57. The maximum atomic E-state index is 14.3. The molecule has 9 heteroatoms. The number of likely N-dealkylation sites (tertiary alicyclic amines) is 1. The molecule has 1 amide bonds. The lowest BCUT2D eigenvalue weighted by atomic mass is 9.95. The number of benzene rings is 2. The first kappa shape index (κ1) is 25.0. The van der Waals surface area contributed by atoms with Gasteiger partial charge in [0.2, 0.25) is 0 Å². The number of methoxy groups -OCH3 is 1. The third-order valence-corrected chi connectivity index (χ3v) is 5.57. The molecule has 1 unspecified atom stereocenters. The summed E-state index contributed by atoms with van der Waals surface area (Å²) < 4.78 is 24.7. The summed E-state index contributed by atoms with van der Waals surface area (Å²) in [6.07, 6.45) is 0.587. The molecule has 0 spiro atoms. The van der Waals surface area contributed by atoms with Crippen LogP contribution < -0.4 is 9.47 Å². The minimum atomic E-state index is -0.938. The lowest BCUT2D eigenvalue weighted by Gasteiger charge is -2.26. The second-order valence-electron chi connectivity index (χ2n) is 8.16. The van der Waals surface area contributed by atoms with Crippen LogP contribution in [-0.2, 0) is 9.59 Å². The molecule has 34 heavy (non-hydrogen) atoms. The van der Waals surface area contributed by atoms with Crippen molar-refractivity contribution >= 4 is 17.4 Å². The minimum Gasteiger partial charge on any atom is -0.507 e. The zero-order chi connectivity index (χ0) is 25.0. The van der Waals surface area contributed by atoms with Crippen molar-refractivity contribution in [2.24, 2.45) is 0 Å². The van der Waals surface area contributed by atoms with E-state index in [9.17, 15) is 24.2 Å². The van der Waals surface area contributed by atoms with Crippen molar-refractivity contribution in [3.05, 3.63) is 58.9 Å². The Bertz CT molecular complexity index is 1110. The van der Waals surface area contributed by atoms with Crippen LogP contribution >= 0.6 is 0 Å². The number of carbonyl (C=O) groups is 2. The van der Waals surface area contributed by atoms with Crippen molar-refractivity contribution in [1.29, 1.82) is 0 Å². The number of Topliss-reactive ketones (excluding diaryl/α,β-unsaturated/α-hetero) is 1. The van der Waals surface area contributed by atoms with Gasteiger partial charge in [-0.15, -0.1) is 0 Å². The normalized spacial score (nSPS) is 17.5. The largest absolute Gasteiger partial charge is 0.507 e. The number of hydrogen-bond donors (Lipinski definition) is 2. The van der Waals surface area contributed by atoms with Gasteiger partial charge in [0.05, 0.1) is 25.3 Å². The topological polar surface area (TPSA) is 99.5 Å². The standard InChI is InChI=1S/C25H29FN2O6/c1-5-34-20-14-15(7-9-18(20)29)22-21(23(30)16-8-10-19(33-4)17(26)13-16)24(31)25(32)28(22)12-6-11-27(2)3/h7-10,13-14,22,29-30H,5-6,11-12H2,1-4H3.